The van der Waals surface area contributed by atoms with Gasteiger partial charge in [-0.15, -0.1) is 0 Å². The lowest BCUT2D eigenvalue weighted by Crippen LogP contribution is -2.45. The second-order valence-electron chi connectivity index (χ2n) is 23.6. The van der Waals surface area contributed by atoms with Crippen molar-refractivity contribution in [2.75, 3.05) is 26.2 Å². The van der Waals surface area contributed by atoms with E-state index in [4.69, 9.17) is 29.5 Å². The molecule has 16 nitrogen and oxygen atoms in total. The van der Waals surface area contributed by atoms with E-state index in [1.165, 1.54) is 0 Å². The summed E-state index contributed by atoms with van der Waals surface area (Å²) in [7, 11) is -1.34. The number of carbonyl (C=O) groups excluding carboxylic acids is 4. The number of likely N-dealkylation sites (tertiary alicyclic amines) is 2. The molecule has 6 aromatic carbocycles. The SMILES string of the molecule is CC(C)(C)OC(=O)N[C@@H](CC(=O)N1CCC[C@@H](c2nc3ccccc3[nH]2)C1)Cc1ccc(-c2ccccc2)cc1.CC(C)(C)OC(=O)N[C@@H](CC(=O)N1CCC[C@@H](c2nc3ccccc3[nH]2)C1)Cc1ccc(Br)cc1.OB(O)c1ccccc1. The van der Waals surface area contributed by atoms with Crippen LogP contribution in [0.15, 0.2) is 162 Å². The maximum absolute atomic E-state index is 13.6. The minimum atomic E-state index is -1.34. The smallest absolute Gasteiger partial charge is 0.444 e. The fourth-order valence-electron chi connectivity index (χ4n) is 10.4. The molecule has 84 heavy (non-hydrogen) atoms. The first-order valence-corrected chi connectivity index (χ1v) is 29.7. The Morgan fingerprint density at radius 1 is 0.571 bits per heavy atom. The molecule has 2 aliphatic heterocycles. The van der Waals surface area contributed by atoms with Crippen LogP contribution in [0.3, 0.4) is 0 Å². The molecule has 0 bridgehead atoms. The molecule has 2 fully saturated rings. The molecule has 440 valence electrons. The number of hydrogen-bond donors (Lipinski definition) is 6. The lowest BCUT2D eigenvalue weighted by Gasteiger charge is -2.33. The number of aromatic amines is 2. The molecule has 18 heteroatoms. The van der Waals surface area contributed by atoms with Crippen molar-refractivity contribution in [1.82, 2.24) is 40.4 Å². The number of nitrogens with zero attached hydrogens (tertiary/aromatic N) is 4. The minimum absolute atomic E-state index is 0.0303. The largest absolute Gasteiger partial charge is 0.488 e. The van der Waals surface area contributed by atoms with Crippen molar-refractivity contribution >= 4 is 74.6 Å². The molecule has 2 aromatic heterocycles. The average molecular weight is 1200 g/mol. The van der Waals surface area contributed by atoms with Crippen LogP contribution < -0.4 is 16.1 Å². The van der Waals surface area contributed by atoms with E-state index in [1.54, 1.807) is 24.3 Å². The topological polar surface area (TPSA) is 215 Å². The molecule has 2 saturated heterocycles. The van der Waals surface area contributed by atoms with Crippen molar-refractivity contribution in [2.24, 2.45) is 0 Å². The summed E-state index contributed by atoms with van der Waals surface area (Å²) in [6, 6.07) is 50.3. The molecule has 0 unspecified atom stereocenters. The monoisotopic (exact) mass is 1200 g/mol. The number of carbonyl (C=O) groups is 4. The van der Waals surface area contributed by atoms with E-state index in [-0.39, 0.29) is 42.5 Å². The number of ether oxygens (including phenoxy) is 2. The van der Waals surface area contributed by atoms with Crippen LogP contribution in [-0.2, 0) is 31.9 Å². The van der Waals surface area contributed by atoms with Gasteiger partial charge in [-0.3, -0.25) is 9.59 Å². The van der Waals surface area contributed by atoms with Gasteiger partial charge in [-0.2, -0.15) is 0 Å². The molecular formula is C66H78BBrN8O8. The zero-order valence-electron chi connectivity index (χ0n) is 48.9. The van der Waals surface area contributed by atoms with Gasteiger partial charge >= 0.3 is 19.3 Å². The number of fused-ring (bicyclic) bond motifs is 2. The second kappa shape index (κ2) is 29.1. The van der Waals surface area contributed by atoms with Crippen LogP contribution in [0.4, 0.5) is 9.59 Å². The Bertz CT molecular complexity index is 3340. The van der Waals surface area contributed by atoms with E-state index in [2.05, 4.69) is 72.9 Å². The Morgan fingerprint density at radius 2 is 0.964 bits per heavy atom. The molecular weight excluding hydrogens is 1120 g/mol. The number of benzene rings is 6. The highest BCUT2D eigenvalue weighted by Crippen LogP contribution is 2.30. The van der Waals surface area contributed by atoms with Gasteiger partial charge in [0, 0.05) is 67.4 Å². The summed E-state index contributed by atoms with van der Waals surface area (Å²) in [6.45, 7) is 13.6. The van der Waals surface area contributed by atoms with Crippen molar-refractivity contribution in [3.05, 3.63) is 185 Å². The summed E-state index contributed by atoms with van der Waals surface area (Å²) < 4.78 is 12.0. The van der Waals surface area contributed by atoms with Crippen LogP contribution in [0, 0.1) is 0 Å². The van der Waals surface area contributed by atoms with Gasteiger partial charge in [-0.25, -0.2) is 19.6 Å². The van der Waals surface area contributed by atoms with Crippen molar-refractivity contribution in [2.45, 2.75) is 128 Å². The Kier molecular flexibility index (Phi) is 21.6. The quantitative estimate of drug-likeness (QED) is 0.0567. The summed E-state index contributed by atoms with van der Waals surface area (Å²) in [5, 5.41) is 23.1. The Labute approximate surface area is 501 Å². The summed E-state index contributed by atoms with van der Waals surface area (Å²) >= 11 is 3.46. The number of nitrogens with one attached hydrogen (secondary N) is 4. The number of halogens is 1. The van der Waals surface area contributed by atoms with Gasteiger partial charge in [-0.1, -0.05) is 137 Å². The lowest BCUT2D eigenvalue weighted by atomic mass is 9.81. The zero-order chi connectivity index (χ0) is 59.8. The number of hydrogen-bond acceptors (Lipinski definition) is 10. The number of imidazole rings is 2. The maximum Gasteiger partial charge on any atom is 0.488 e. The molecule has 6 N–H and O–H groups in total. The van der Waals surface area contributed by atoms with Gasteiger partial charge in [0.25, 0.3) is 0 Å². The number of amides is 4. The molecule has 4 amide bonds. The van der Waals surface area contributed by atoms with Crippen LogP contribution in [0.5, 0.6) is 0 Å². The maximum atomic E-state index is 13.6. The molecule has 10 rings (SSSR count). The molecule has 0 saturated carbocycles. The van der Waals surface area contributed by atoms with E-state index in [9.17, 15) is 19.2 Å². The van der Waals surface area contributed by atoms with Crippen LogP contribution in [0.25, 0.3) is 33.2 Å². The Morgan fingerprint density at radius 3 is 1.37 bits per heavy atom. The number of H-pyrrole nitrogens is 2. The second-order valence-corrected chi connectivity index (χ2v) is 24.5. The predicted molar refractivity (Wildman–Crippen MR) is 335 cm³/mol. The van der Waals surface area contributed by atoms with Crippen LogP contribution >= 0.6 is 15.9 Å². The normalized spacial score (nSPS) is 16.0. The van der Waals surface area contributed by atoms with Crippen LogP contribution in [0.2, 0.25) is 0 Å². The number of aromatic nitrogens is 4. The van der Waals surface area contributed by atoms with Crippen molar-refractivity contribution < 1.29 is 38.7 Å². The first kappa shape index (κ1) is 62.3. The highest BCUT2D eigenvalue weighted by atomic mass is 79.9. The van der Waals surface area contributed by atoms with E-state index < -0.39 is 36.5 Å². The highest BCUT2D eigenvalue weighted by Gasteiger charge is 2.32. The van der Waals surface area contributed by atoms with Gasteiger partial charge < -0.3 is 49.9 Å². The van der Waals surface area contributed by atoms with E-state index in [0.29, 0.717) is 44.5 Å². The van der Waals surface area contributed by atoms with Crippen molar-refractivity contribution in [1.29, 1.82) is 0 Å². The zero-order valence-corrected chi connectivity index (χ0v) is 50.5. The molecule has 4 heterocycles. The van der Waals surface area contributed by atoms with Crippen molar-refractivity contribution in [3.8, 4) is 11.1 Å². The molecule has 0 radical (unpaired) electrons. The summed E-state index contributed by atoms with van der Waals surface area (Å²) in [5.41, 5.74) is 7.58. The van der Waals surface area contributed by atoms with E-state index in [0.717, 1.165) is 86.1 Å². The fourth-order valence-corrected chi connectivity index (χ4v) is 10.7. The first-order chi connectivity index (χ1) is 40.2. The molecule has 0 aliphatic carbocycles. The van der Waals surface area contributed by atoms with Crippen LogP contribution in [-0.4, -0.2) is 120 Å². The standard InChI is InChI=1S/C33H38N4O3.C27H33BrN4O3.C6H7BO2/c1-33(2,3)40-32(39)34-27(20-23-15-17-25(18-16-23)24-10-5-4-6-11-24)21-30(38)37-19-9-12-26(22-37)31-35-28-13-7-8-14-29(28)36-31;1-27(2,3)35-26(34)29-21(15-18-10-12-20(28)13-11-18)16-24(33)32-14-6-7-19(17-32)25-30-22-8-4-5-9-23(22)31-25;8-7(9)6-4-2-1-3-5-6/h4-8,10-11,13-18,26-27H,9,12,19-22H2,1-3H3,(H,34,39)(H,35,36);4-5,8-13,19,21H,6-7,14-17H2,1-3H3,(H,29,34)(H,30,31);1-5,8-9H/t26-,27-;19-,21-;/m11./s1. The molecule has 4 atom stereocenters. The van der Waals surface area contributed by atoms with E-state index in [1.807, 2.05) is 148 Å². The van der Waals surface area contributed by atoms with E-state index >= 15 is 0 Å². The van der Waals surface area contributed by atoms with Gasteiger partial charge in [0.2, 0.25) is 11.8 Å². The first-order valence-electron chi connectivity index (χ1n) is 28.9. The summed E-state index contributed by atoms with van der Waals surface area (Å²) in [4.78, 5) is 72.4. The lowest BCUT2D eigenvalue weighted by molar-refractivity contribution is -0.133. The third kappa shape index (κ3) is 19.1. The summed E-state index contributed by atoms with van der Waals surface area (Å²) in [5.74, 6) is 2.26. The van der Waals surface area contributed by atoms with Gasteiger partial charge in [0.05, 0.1) is 22.1 Å². The minimum Gasteiger partial charge on any atom is -0.444 e. The number of alkyl carbamates (subject to hydrolysis) is 2. The third-order valence-electron chi connectivity index (χ3n) is 14.5. The van der Waals surface area contributed by atoms with Crippen molar-refractivity contribution in [3.63, 3.8) is 0 Å². The summed E-state index contributed by atoms with van der Waals surface area (Å²) in [6.07, 6.45) is 4.27. The molecule has 0 spiro atoms. The number of para-hydroxylation sites is 4. The average Bonchev–Trinajstić information content (AvgIpc) is 4.25. The predicted octanol–water partition coefficient (Wildman–Crippen LogP) is 11.4. The van der Waals surface area contributed by atoms with Gasteiger partial charge in [0.15, 0.2) is 0 Å². The number of rotatable bonds is 14. The molecule has 2 aliphatic rings. The third-order valence-corrected chi connectivity index (χ3v) is 15.0. The van der Waals surface area contributed by atoms with Gasteiger partial charge in [-0.05, 0) is 144 Å². The highest BCUT2D eigenvalue weighted by molar-refractivity contribution is 9.10. The van der Waals surface area contributed by atoms with Gasteiger partial charge in [0.1, 0.15) is 22.9 Å². The van der Waals surface area contributed by atoms with Crippen LogP contribution in [0.1, 0.15) is 115 Å². The Hall–Kier alpha value is -7.80. The Balaban J connectivity index is 0.000000192. The fraction of sp³-hybridized carbons (Fsp3) is 0.364. The number of piperidine rings is 2. The molecule has 8 aromatic rings.